The summed E-state index contributed by atoms with van der Waals surface area (Å²) >= 11 is 0. The first-order valence-electron chi connectivity index (χ1n) is 9.42. The third-order valence-corrected chi connectivity index (χ3v) is 4.86. The van der Waals surface area contributed by atoms with Crippen molar-refractivity contribution in [2.75, 3.05) is 18.5 Å². The van der Waals surface area contributed by atoms with Crippen LogP contribution in [-0.4, -0.2) is 34.8 Å². The normalized spacial score (nSPS) is 19.9. The van der Waals surface area contributed by atoms with E-state index in [9.17, 15) is 4.79 Å². The number of nitrogens with zero attached hydrogens (tertiary/aromatic N) is 2. The van der Waals surface area contributed by atoms with Crippen molar-refractivity contribution in [2.45, 2.75) is 45.3 Å². The van der Waals surface area contributed by atoms with Crippen LogP contribution in [-0.2, 0) is 11.3 Å². The number of ether oxygens (including phenoxy) is 1. The van der Waals surface area contributed by atoms with E-state index in [1.807, 2.05) is 35.0 Å². The molecule has 0 bridgehead atoms. The Kier molecular flexibility index (Phi) is 6.66. The van der Waals surface area contributed by atoms with Gasteiger partial charge >= 0.3 is 6.03 Å². The van der Waals surface area contributed by atoms with Gasteiger partial charge in [-0.05, 0) is 36.5 Å². The number of urea groups is 1. The van der Waals surface area contributed by atoms with Crippen molar-refractivity contribution in [1.29, 1.82) is 0 Å². The Balaban J connectivity index is 1.39. The van der Waals surface area contributed by atoms with Crippen LogP contribution in [0.3, 0.4) is 0 Å². The van der Waals surface area contributed by atoms with Crippen LogP contribution in [0.25, 0.3) is 0 Å². The Bertz CT molecular complexity index is 687. The number of carbonyl (C=O) groups excluding carboxylic acids is 1. The van der Waals surface area contributed by atoms with Gasteiger partial charge in [-0.15, -0.1) is 0 Å². The smallest absolute Gasteiger partial charge is 0.319 e. The van der Waals surface area contributed by atoms with E-state index in [4.69, 9.17) is 4.74 Å². The van der Waals surface area contributed by atoms with Crippen LogP contribution >= 0.6 is 0 Å². The molecule has 1 aliphatic rings. The molecule has 6 heteroatoms. The predicted octanol–water partition coefficient (Wildman–Crippen LogP) is 3.65. The zero-order chi connectivity index (χ0) is 18.2. The van der Waals surface area contributed by atoms with E-state index in [-0.39, 0.29) is 6.03 Å². The Labute approximate surface area is 155 Å². The molecular formula is C20H28N4O2. The van der Waals surface area contributed by atoms with Crippen molar-refractivity contribution < 1.29 is 9.53 Å². The highest BCUT2D eigenvalue weighted by Gasteiger charge is 2.21. The van der Waals surface area contributed by atoms with Crippen LogP contribution in [0, 0.1) is 5.92 Å². The second-order valence-electron chi connectivity index (χ2n) is 6.99. The SMILES string of the molecule is C[C@@H]1CCCC[C@@H]1OCCNC(=O)Nc1cccc(Cn2ccnc2)c1. The minimum atomic E-state index is -0.204. The third-order valence-electron chi connectivity index (χ3n) is 4.86. The Morgan fingerprint density at radius 2 is 2.23 bits per heavy atom. The van der Waals surface area contributed by atoms with Crippen molar-refractivity contribution in [2.24, 2.45) is 5.92 Å². The number of carbonyl (C=O) groups is 1. The van der Waals surface area contributed by atoms with Gasteiger partial charge in [0.05, 0.1) is 19.0 Å². The average molecular weight is 356 g/mol. The predicted molar refractivity (Wildman–Crippen MR) is 102 cm³/mol. The molecule has 1 fully saturated rings. The molecule has 1 heterocycles. The molecule has 1 aromatic carbocycles. The zero-order valence-corrected chi connectivity index (χ0v) is 15.4. The summed E-state index contributed by atoms with van der Waals surface area (Å²) in [5.74, 6) is 0.621. The maximum atomic E-state index is 12.1. The highest BCUT2D eigenvalue weighted by atomic mass is 16.5. The number of anilines is 1. The summed E-state index contributed by atoms with van der Waals surface area (Å²) in [6, 6.07) is 7.62. The topological polar surface area (TPSA) is 68.2 Å². The number of imidazole rings is 1. The molecule has 0 spiro atoms. The summed E-state index contributed by atoms with van der Waals surface area (Å²) in [7, 11) is 0. The van der Waals surface area contributed by atoms with Gasteiger partial charge in [0.2, 0.25) is 0 Å². The average Bonchev–Trinajstić information content (AvgIpc) is 3.13. The molecule has 140 valence electrons. The number of rotatable bonds is 7. The maximum Gasteiger partial charge on any atom is 0.319 e. The monoisotopic (exact) mass is 356 g/mol. The molecule has 2 atom stereocenters. The van der Waals surface area contributed by atoms with Gasteiger partial charge in [-0.3, -0.25) is 0 Å². The van der Waals surface area contributed by atoms with E-state index in [1.165, 1.54) is 19.3 Å². The van der Waals surface area contributed by atoms with E-state index in [1.54, 1.807) is 12.5 Å². The van der Waals surface area contributed by atoms with Gasteiger partial charge in [0.25, 0.3) is 0 Å². The molecule has 0 radical (unpaired) electrons. The fourth-order valence-corrected chi connectivity index (χ4v) is 3.42. The van der Waals surface area contributed by atoms with Crippen LogP contribution in [0.4, 0.5) is 10.5 Å². The van der Waals surface area contributed by atoms with Crippen LogP contribution in [0.15, 0.2) is 43.0 Å². The largest absolute Gasteiger partial charge is 0.376 e. The van der Waals surface area contributed by atoms with Crippen LogP contribution in [0.2, 0.25) is 0 Å². The third kappa shape index (κ3) is 5.59. The van der Waals surface area contributed by atoms with E-state index < -0.39 is 0 Å². The lowest BCUT2D eigenvalue weighted by Gasteiger charge is -2.28. The first-order chi connectivity index (χ1) is 12.7. The lowest BCUT2D eigenvalue weighted by molar-refractivity contribution is -0.00232. The standard InChI is InChI=1S/C20H28N4O2/c1-16-5-2-3-8-19(16)26-12-10-22-20(25)23-18-7-4-6-17(13-18)14-24-11-9-21-15-24/h4,6-7,9,11,13,15-16,19H,2-3,5,8,10,12,14H2,1H3,(H2,22,23,25)/t16-,19+/m1/s1. The van der Waals surface area contributed by atoms with E-state index in [0.29, 0.717) is 25.2 Å². The molecular weight excluding hydrogens is 328 g/mol. The van der Waals surface area contributed by atoms with E-state index >= 15 is 0 Å². The summed E-state index contributed by atoms with van der Waals surface area (Å²) in [6.07, 6.45) is 10.7. The van der Waals surface area contributed by atoms with Gasteiger partial charge in [0, 0.05) is 31.2 Å². The van der Waals surface area contributed by atoms with E-state index in [2.05, 4.69) is 22.5 Å². The van der Waals surface area contributed by atoms with Crippen LogP contribution in [0.5, 0.6) is 0 Å². The maximum absolute atomic E-state index is 12.1. The fourth-order valence-electron chi connectivity index (χ4n) is 3.42. The number of aromatic nitrogens is 2. The summed E-state index contributed by atoms with van der Waals surface area (Å²) < 4.78 is 7.91. The number of nitrogens with one attached hydrogen (secondary N) is 2. The van der Waals surface area contributed by atoms with Gasteiger partial charge in [-0.2, -0.15) is 0 Å². The molecule has 2 N–H and O–H groups in total. The highest BCUT2D eigenvalue weighted by molar-refractivity contribution is 5.89. The van der Waals surface area contributed by atoms with Gasteiger partial charge in [0.15, 0.2) is 0 Å². The van der Waals surface area contributed by atoms with Crippen molar-refractivity contribution in [3.63, 3.8) is 0 Å². The van der Waals surface area contributed by atoms with Gasteiger partial charge in [-0.25, -0.2) is 9.78 Å². The van der Waals surface area contributed by atoms with Crippen LogP contribution < -0.4 is 10.6 Å². The zero-order valence-electron chi connectivity index (χ0n) is 15.4. The molecule has 1 saturated carbocycles. The van der Waals surface area contributed by atoms with Gasteiger partial charge < -0.3 is 19.9 Å². The lowest BCUT2D eigenvalue weighted by atomic mass is 9.88. The molecule has 6 nitrogen and oxygen atoms in total. The molecule has 1 aliphatic carbocycles. The van der Waals surface area contributed by atoms with Crippen molar-refractivity contribution in [1.82, 2.24) is 14.9 Å². The first-order valence-corrected chi connectivity index (χ1v) is 9.42. The second kappa shape index (κ2) is 9.38. The number of amides is 2. The molecule has 26 heavy (non-hydrogen) atoms. The van der Waals surface area contributed by atoms with Crippen molar-refractivity contribution in [3.8, 4) is 0 Å². The van der Waals surface area contributed by atoms with Gasteiger partial charge in [0.1, 0.15) is 0 Å². The molecule has 0 unspecified atom stereocenters. The van der Waals surface area contributed by atoms with Crippen molar-refractivity contribution >= 4 is 11.7 Å². The first kappa shape index (κ1) is 18.5. The number of benzene rings is 1. The van der Waals surface area contributed by atoms with Crippen molar-refractivity contribution in [3.05, 3.63) is 48.5 Å². The molecule has 2 aromatic rings. The highest BCUT2D eigenvalue weighted by Crippen LogP contribution is 2.25. The van der Waals surface area contributed by atoms with Gasteiger partial charge in [-0.1, -0.05) is 31.9 Å². The minimum Gasteiger partial charge on any atom is -0.376 e. The number of hydrogen-bond donors (Lipinski definition) is 2. The molecule has 3 rings (SSSR count). The fraction of sp³-hybridized carbons (Fsp3) is 0.500. The Hall–Kier alpha value is -2.34. The second-order valence-corrected chi connectivity index (χ2v) is 6.99. The summed E-state index contributed by atoms with van der Waals surface area (Å²) in [6.45, 7) is 4.05. The Morgan fingerprint density at radius 1 is 1.35 bits per heavy atom. The number of hydrogen-bond acceptors (Lipinski definition) is 3. The quantitative estimate of drug-likeness (QED) is 0.744. The molecule has 0 saturated heterocycles. The molecule has 1 aromatic heterocycles. The Morgan fingerprint density at radius 3 is 3.04 bits per heavy atom. The lowest BCUT2D eigenvalue weighted by Crippen LogP contribution is -2.34. The molecule has 0 aliphatic heterocycles. The molecule has 2 amide bonds. The summed E-state index contributed by atoms with van der Waals surface area (Å²) in [4.78, 5) is 16.1. The minimum absolute atomic E-state index is 0.204. The summed E-state index contributed by atoms with van der Waals surface area (Å²) in [5, 5.41) is 5.74. The summed E-state index contributed by atoms with van der Waals surface area (Å²) in [5.41, 5.74) is 1.89. The van der Waals surface area contributed by atoms with E-state index in [0.717, 1.165) is 24.2 Å². The van der Waals surface area contributed by atoms with Crippen LogP contribution in [0.1, 0.15) is 38.2 Å².